The van der Waals surface area contributed by atoms with Gasteiger partial charge in [-0.1, -0.05) is 24.3 Å². The molecule has 3 nitrogen and oxygen atoms in total. The van der Waals surface area contributed by atoms with Crippen LogP contribution in [0.5, 0.6) is 5.75 Å². The van der Waals surface area contributed by atoms with E-state index in [1.165, 1.54) is 12.1 Å². The van der Waals surface area contributed by atoms with Gasteiger partial charge in [0.15, 0.2) is 0 Å². The molecule has 2 rings (SSSR count). The van der Waals surface area contributed by atoms with Crippen LogP contribution in [0.2, 0.25) is 0 Å². The van der Waals surface area contributed by atoms with Crippen LogP contribution in [0.1, 0.15) is 5.56 Å². The molecule has 2 N–H and O–H groups in total. The van der Waals surface area contributed by atoms with E-state index in [1.54, 1.807) is 36.4 Å². The summed E-state index contributed by atoms with van der Waals surface area (Å²) < 4.78 is 18.2. The second-order valence-corrected chi connectivity index (χ2v) is 3.86. The number of ether oxygens (including phenoxy) is 1. The third-order valence-corrected chi connectivity index (χ3v) is 2.47. The molecule has 0 heterocycles. The topological polar surface area (TPSA) is 49.7 Å². The minimum atomic E-state index is -1.51. The van der Waals surface area contributed by atoms with E-state index in [2.05, 4.69) is 0 Å². The molecule has 2 aromatic carbocycles. The summed E-state index contributed by atoms with van der Waals surface area (Å²) in [6.45, 7) is 0.297. The van der Waals surface area contributed by atoms with Crippen LogP contribution in [0.25, 0.3) is 0 Å². The van der Waals surface area contributed by atoms with Gasteiger partial charge < -0.3 is 14.8 Å². The van der Waals surface area contributed by atoms with Gasteiger partial charge in [-0.2, -0.15) is 0 Å². The highest BCUT2D eigenvalue weighted by atomic mass is 19.1. The Labute approximate surface area is 105 Å². The fourth-order valence-electron chi connectivity index (χ4n) is 1.51. The van der Waals surface area contributed by atoms with Crippen molar-refractivity contribution in [1.29, 1.82) is 0 Å². The molecule has 0 atom stereocenters. The second-order valence-electron chi connectivity index (χ2n) is 3.86. The predicted molar refractivity (Wildman–Crippen MR) is 67.0 cm³/mol. The first-order valence-corrected chi connectivity index (χ1v) is 5.48. The maximum Gasteiger partial charge on any atom is 0.488 e. The Hall–Kier alpha value is -1.85. The maximum atomic E-state index is 12.7. The van der Waals surface area contributed by atoms with Crippen molar-refractivity contribution in [2.75, 3.05) is 0 Å². The normalized spacial score (nSPS) is 10.2. The molecule has 0 aliphatic heterocycles. The zero-order valence-corrected chi connectivity index (χ0v) is 9.58. The van der Waals surface area contributed by atoms with Crippen LogP contribution in [0.3, 0.4) is 0 Å². The molecule has 0 aliphatic carbocycles. The molecule has 0 aliphatic rings. The van der Waals surface area contributed by atoms with E-state index in [-0.39, 0.29) is 5.82 Å². The van der Waals surface area contributed by atoms with Crippen LogP contribution in [-0.4, -0.2) is 17.2 Å². The zero-order valence-electron chi connectivity index (χ0n) is 9.58. The predicted octanol–water partition coefficient (Wildman–Crippen LogP) is 1.08. The molecule has 18 heavy (non-hydrogen) atoms. The molecule has 0 spiro atoms. The molecule has 0 saturated heterocycles. The minimum absolute atomic E-state index is 0.288. The van der Waals surface area contributed by atoms with E-state index < -0.39 is 7.12 Å². The summed E-state index contributed by atoms with van der Waals surface area (Å²) in [6.07, 6.45) is 0. The number of rotatable bonds is 4. The largest absolute Gasteiger partial charge is 0.489 e. The SMILES string of the molecule is OB(O)c1cccc(OCc2ccc(F)cc2)c1. The van der Waals surface area contributed by atoms with Crippen LogP contribution in [0.4, 0.5) is 4.39 Å². The van der Waals surface area contributed by atoms with Gasteiger partial charge in [-0.05, 0) is 35.3 Å². The molecule has 2 aromatic rings. The van der Waals surface area contributed by atoms with Crippen LogP contribution in [0, 0.1) is 5.82 Å². The van der Waals surface area contributed by atoms with E-state index in [0.717, 1.165) is 5.56 Å². The summed E-state index contributed by atoms with van der Waals surface area (Å²) in [5.74, 6) is 0.245. The monoisotopic (exact) mass is 246 g/mol. The van der Waals surface area contributed by atoms with Gasteiger partial charge in [-0.15, -0.1) is 0 Å². The molecule has 0 bridgehead atoms. The van der Waals surface area contributed by atoms with Gasteiger partial charge in [0.1, 0.15) is 18.2 Å². The Bertz CT molecular complexity index is 514. The zero-order chi connectivity index (χ0) is 13.0. The van der Waals surface area contributed by atoms with E-state index in [9.17, 15) is 4.39 Å². The lowest BCUT2D eigenvalue weighted by Gasteiger charge is -2.07. The Morgan fingerprint density at radius 3 is 2.44 bits per heavy atom. The molecule has 5 heteroatoms. The fourth-order valence-corrected chi connectivity index (χ4v) is 1.51. The standard InChI is InChI=1S/C13H12BFO3/c15-12-6-4-10(5-7-12)9-18-13-3-1-2-11(8-13)14(16)17/h1-8,16-17H,9H2. The smallest absolute Gasteiger partial charge is 0.488 e. The highest BCUT2D eigenvalue weighted by Gasteiger charge is 2.10. The molecule has 0 fully saturated rings. The Morgan fingerprint density at radius 2 is 1.78 bits per heavy atom. The van der Waals surface area contributed by atoms with Crippen molar-refractivity contribution < 1.29 is 19.2 Å². The van der Waals surface area contributed by atoms with Crippen LogP contribution < -0.4 is 10.2 Å². The lowest BCUT2D eigenvalue weighted by Crippen LogP contribution is -2.29. The highest BCUT2D eigenvalue weighted by Crippen LogP contribution is 2.11. The van der Waals surface area contributed by atoms with E-state index >= 15 is 0 Å². The first-order valence-electron chi connectivity index (χ1n) is 5.48. The lowest BCUT2D eigenvalue weighted by atomic mass is 9.80. The summed E-state index contributed by atoms with van der Waals surface area (Å²) >= 11 is 0. The lowest BCUT2D eigenvalue weighted by molar-refractivity contribution is 0.306. The highest BCUT2D eigenvalue weighted by molar-refractivity contribution is 6.58. The average Bonchev–Trinajstić information content (AvgIpc) is 2.38. The second kappa shape index (κ2) is 5.66. The quantitative estimate of drug-likeness (QED) is 0.794. The van der Waals surface area contributed by atoms with Crippen molar-refractivity contribution in [3.63, 3.8) is 0 Å². The average molecular weight is 246 g/mol. The fraction of sp³-hybridized carbons (Fsp3) is 0.0769. The van der Waals surface area contributed by atoms with Gasteiger partial charge in [-0.3, -0.25) is 0 Å². The Balaban J connectivity index is 2.01. The molecule has 92 valence electrons. The van der Waals surface area contributed by atoms with Crippen LogP contribution in [-0.2, 0) is 6.61 Å². The molecule has 0 amide bonds. The molecular formula is C13H12BFO3. The van der Waals surface area contributed by atoms with Crippen molar-refractivity contribution in [2.45, 2.75) is 6.61 Å². The van der Waals surface area contributed by atoms with Crippen LogP contribution in [0.15, 0.2) is 48.5 Å². The van der Waals surface area contributed by atoms with Crippen molar-refractivity contribution in [1.82, 2.24) is 0 Å². The Morgan fingerprint density at radius 1 is 1.06 bits per heavy atom. The van der Waals surface area contributed by atoms with Crippen molar-refractivity contribution in [2.24, 2.45) is 0 Å². The van der Waals surface area contributed by atoms with E-state index in [0.29, 0.717) is 17.8 Å². The molecular weight excluding hydrogens is 234 g/mol. The van der Waals surface area contributed by atoms with Crippen LogP contribution >= 0.6 is 0 Å². The van der Waals surface area contributed by atoms with Crippen molar-refractivity contribution in [3.05, 3.63) is 59.9 Å². The van der Waals surface area contributed by atoms with Gasteiger partial charge >= 0.3 is 7.12 Å². The van der Waals surface area contributed by atoms with Crippen molar-refractivity contribution >= 4 is 12.6 Å². The molecule has 0 aromatic heterocycles. The number of halogens is 1. The summed E-state index contributed by atoms with van der Waals surface area (Å²) in [6, 6.07) is 12.5. The number of hydrogen-bond donors (Lipinski definition) is 2. The number of benzene rings is 2. The first kappa shape index (κ1) is 12.6. The summed E-state index contributed by atoms with van der Waals surface area (Å²) in [5.41, 5.74) is 1.21. The summed E-state index contributed by atoms with van der Waals surface area (Å²) in [5, 5.41) is 18.0. The van der Waals surface area contributed by atoms with Gasteiger partial charge in [0, 0.05) is 0 Å². The Kier molecular flexibility index (Phi) is 3.97. The summed E-state index contributed by atoms with van der Waals surface area (Å²) in [7, 11) is -1.51. The van der Waals surface area contributed by atoms with Gasteiger partial charge in [-0.25, -0.2) is 4.39 Å². The number of hydrogen-bond acceptors (Lipinski definition) is 3. The molecule has 0 unspecified atom stereocenters. The molecule has 0 radical (unpaired) electrons. The summed E-state index contributed by atoms with van der Waals surface area (Å²) in [4.78, 5) is 0. The molecule has 0 saturated carbocycles. The first-order chi connectivity index (χ1) is 8.65. The van der Waals surface area contributed by atoms with E-state index in [1.807, 2.05) is 0 Å². The van der Waals surface area contributed by atoms with E-state index in [4.69, 9.17) is 14.8 Å². The third kappa shape index (κ3) is 3.32. The third-order valence-electron chi connectivity index (χ3n) is 2.47. The maximum absolute atomic E-state index is 12.7. The minimum Gasteiger partial charge on any atom is -0.489 e. The van der Waals surface area contributed by atoms with Gasteiger partial charge in [0.2, 0.25) is 0 Å². The van der Waals surface area contributed by atoms with Gasteiger partial charge in [0.25, 0.3) is 0 Å². The van der Waals surface area contributed by atoms with Gasteiger partial charge in [0.05, 0.1) is 0 Å². The van der Waals surface area contributed by atoms with Crippen molar-refractivity contribution in [3.8, 4) is 5.75 Å².